The molecule has 0 spiro atoms. The maximum atomic E-state index is 12.5. The maximum absolute atomic E-state index is 12.5. The third kappa shape index (κ3) is 3.04. The van der Waals surface area contributed by atoms with Gasteiger partial charge in [0.05, 0.1) is 17.0 Å². The first kappa shape index (κ1) is 14.2. The maximum Gasteiger partial charge on any atom is 0.416 e. The molecule has 0 amide bonds. The van der Waals surface area contributed by atoms with Crippen molar-refractivity contribution in [1.82, 2.24) is 9.97 Å². The second-order valence-electron chi connectivity index (χ2n) is 4.50. The number of hydrogen-bond donors (Lipinski definition) is 1. The number of halogens is 3. The molecule has 0 aliphatic carbocycles. The van der Waals surface area contributed by atoms with Gasteiger partial charge in [0.1, 0.15) is 5.82 Å². The number of nitrogens with zero attached hydrogens (tertiary/aromatic N) is 2. The van der Waals surface area contributed by atoms with Crippen molar-refractivity contribution in [2.45, 2.75) is 19.5 Å². The quantitative estimate of drug-likeness (QED) is 0.941. The Morgan fingerprint density at radius 1 is 1.40 bits per heavy atom. The summed E-state index contributed by atoms with van der Waals surface area (Å²) in [5.41, 5.74) is -0.402. The minimum atomic E-state index is -4.41. The summed E-state index contributed by atoms with van der Waals surface area (Å²) in [5.74, 6) is -1.32. The first-order valence-electron chi connectivity index (χ1n) is 5.83. The molecule has 1 heterocycles. The van der Waals surface area contributed by atoms with Gasteiger partial charge in [-0.2, -0.15) is 13.2 Å². The monoisotopic (exact) mass is 284 g/mol. The third-order valence-corrected chi connectivity index (χ3v) is 2.87. The topological polar surface area (TPSA) is 63.1 Å². The second kappa shape index (κ2) is 5.07. The standard InChI is InChI=1S/C13H11F3N2O2/c1-7(12(19)20)4-11-17-6-8-5-9(13(14,15)16)2-3-10(8)18-11/h2-3,5-7H,4H2,1H3,(H,19,20). The van der Waals surface area contributed by atoms with Crippen LogP contribution in [-0.4, -0.2) is 21.0 Å². The highest BCUT2D eigenvalue weighted by atomic mass is 19.4. The lowest BCUT2D eigenvalue weighted by Gasteiger charge is -2.08. The molecule has 2 aromatic rings. The number of rotatable bonds is 3. The van der Waals surface area contributed by atoms with E-state index in [9.17, 15) is 18.0 Å². The van der Waals surface area contributed by atoms with Crippen LogP contribution in [0.5, 0.6) is 0 Å². The van der Waals surface area contributed by atoms with E-state index in [0.29, 0.717) is 11.3 Å². The molecular formula is C13H11F3N2O2. The van der Waals surface area contributed by atoms with Crippen LogP contribution in [0.3, 0.4) is 0 Å². The molecule has 0 aliphatic heterocycles. The van der Waals surface area contributed by atoms with E-state index < -0.39 is 23.6 Å². The van der Waals surface area contributed by atoms with Gasteiger partial charge in [-0.1, -0.05) is 6.92 Å². The molecule has 1 unspecified atom stereocenters. The average Bonchev–Trinajstić information content (AvgIpc) is 2.36. The molecule has 106 valence electrons. The summed E-state index contributed by atoms with van der Waals surface area (Å²) in [4.78, 5) is 18.7. The van der Waals surface area contributed by atoms with Crippen LogP contribution in [0.4, 0.5) is 13.2 Å². The molecule has 2 rings (SSSR count). The molecule has 0 radical (unpaired) electrons. The Balaban J connectivity index is 2.34. The Morgan fingerprint density at radius 3 is 2.70 bits per heavy atom. The number of alkyl halides is 3. The van der Waals surface area contributed by atoms with E-state index in [4.69, 9.17) is 5.11 Å². The van der Waals surface area contributed by atoms with Crippen LogP contribution >= 0.6 is 0 Å². The van der Waals surface area contributed by atoms with E-state index in [1.54, 1.807) is 0 Å². The van der Waals surface area contributed by atoms with Gasteiger partial charge in [-0.15, -0.1) is 0 Å². The predicted octanol–water partition coefficient (Wildman–Crippen LogP) is 2.91. The van der Waals surface area contributed by atoms with Crippen LogP contribution in [0.1, 0.15) is 18.3 Å². The van der Waals surface area contributed by atoms with Crippen molar-refractivity contribution in [3.63, 3.8) is 0 Å². The van der Waals surface area contributed by atoms with Gasteiger partial charge >= 0.3 is 12.1 Å². The zero-order valence-electron chi connectivity index (χ0n) is 10.5. The van der Waals surface area contributed by atoms with Crippen LogP contribution < -0.4 is 0 Å². The summed E-state index contributed by atoms with van der Waals surface area (Å²) < 4.78 is 37.6. The van der Waals surface area contributed by atoms with Gasteiger partial charge in [0.15, 0.2) is 0 Å². The molecule has 1 atom stereocenters. The van der Waals surface area contributed by atoms with Gasteiger partial charge in [0, 0.05) is 18.0 Å². The molecule has 0 fully saturated rings. The fraction of sp³-hybridized carbons (Fsp3) is 0.308. The Labute approximate surface area is 112 Å². The Morgan fingerprint density at radius 2 is 2.10 bits per heavy atom. The molecule has 4 nitrogen and oxygen atoms in total. The van der Waals surface area contributed by atoms with Gasteiger partial charge in [0.2, 0.25) is 0 Å². The zero-order valence-corrected chi connectivity index (χ0v) is 10.5. The summed E-state index contributed by atoms with van der Waals surface area (Å²) in [5, 5.41) is 9.07. The van der Waals surface area contributed by atoms with Crippen molar-refractivity contribution < 1.29 is 23.1 Å². The number of carboxylic acids is 1. The van der Waals surface area contributed by atoms with E-state index in [1.165, 1.54) is 19.2 Å². The highest BCUT2D eigenvalue weighted by molar-refractivity contribution is 5.78. The highest BCUT2D eigenvalue weighted by Crippen LogP contribution is 2.30. The van der Waals surface area contributed by atoms with Crippen molar-refractivity contribution >= 4 is 16.9 Å². The average molecular weight is 284 g/mol. The van der Waals surface area contributed by atoms with E-state index >= 15 is 0 Å². The van der Waals surface area contributed by atoms with Gasteiger partial charge < -0.3 is 5.11 Å². The summed E-state index contributed by atoms with van der Waals surface area (Å²) in [6.45, 7) is 1.52. The normalized spacial score (nSPS) is 13.4. The Bertz CT molecular complexity index is 656. The summed E-state index contributed by atoms with van der Waals surface area (Å²) in [6, 6.07) is 3.17. The van der Waals surface area contributed by atoms with Crippen molar-refractivity contribution in [1.29, 1.82) is 0 Å². The third-order valence-electron chi connectivity index (χ3n) is 2.87. The van der Waals surface area contributed by atoms with Gasteiger partial charge in [0.25, 0.3) is 0 Å². The molecule has 1 aromatic carbocycles. The minimum absolute atomic E-state index is 0.131. The number of hydrogen-bond acceptors (Lipinski definition) is 3. The fourth-order valence-corrected chi connectivity index (χ4v) is 1.71. The van der Waals surface area contributed by atoms with Crippen LogP contribution in [0.2, 0.25) is 0 Å². The van der Waals surface area contributed by atoms with E-state index in [1.807, 2.05) is 0 Å². The first-order valence-corrected chi connectivity index (χ1v) is 5.83. The lowest BCUT2D eigenvalue weighted by Crippen LogP contribution is -2.14. The number of carbonyl (C=O) groups is 1. The lowest BCUT2D eigenvalue weighted by molar-refractivity contribution is -0.141. The van der Waals surface area contributed by atoms with Crippen LogP contribution in [-0.2, 0) is 17.4 Å². The molecule has 20 heavy (non-hydrogen) atoms. The lowest BCUT2D eigenvalue weighted by atomic mass is 10.1. The molecule has 0 saturated heterocycles. The Kier molecular flexibility index (Phi) is 3.61. The fourth-order valence-electron chi connectivity index (χ4n) is 1.71. The predicted molar refractivity (Wildman–Crippen MR) is 65.0 cm³/mol. The summed E-state index contributed by atoms with van der Waals surface area (Å²) >= 11 is 0. The Hall–Kier alpha value is -2.18. The summed E-state index contributed by atoms with van der Waals surface area (Å²) in [6.07, 6.45) is -3.00. The van der Waals surface area contributed by atoms with Crippen molar-refractivity contribution in [3.05, 3.63) is 35.8 Å². The molecule has 0 aliphatic rings. The van der Waals surface area contributed by atoms with Gasteiger partial charge in [-0.05, 0) is 18.2 Å². The zero-order chi connectivity index (χ0) is 14.9. The van der Waals surface area contributed by atoms with E-state index in [2.05, 4.69) is 9.97 Å². The first-order chi connectivity index (χ1) is 9.27. The van der Waals surface area contributed by atoms with Gasteiger partial charge in [-0.25, -0.2) is 9.97 Å². The van der Waals surface area contributed by atoms with E-state index in [-0.39, 0.29) is 11.8 Å². The summed E-state index contributed by atoms with van der Waals surface area (Å²) in [7, 11) is 0. The number of fused-ring (bicyclic) bond motifs is 1. The van der Waals surface area contributed by atoms with Crippen molar-refractivity contribution in [2.75, 3.05) is 0 Å². The second-order valence-corrected chi connectivity index (χ2v) is 4.50. The molecule has 7 heteroatoms. The van der Waals surface area contributed by atoms with E-state index in [0.717, 1.165) is 12.1 Å². The number of aromatic nitrogens is 2. The molecule has 1 N–H and O–H groups in total. The minimum Gasteiger partial charge on any atom is -0.481 e. The number of benzene rings is 1. The smallest absolute Gasteiger partial charge is 0.416 e. The SMILES string of the molecule is CC(Cc1ncc2cc(C(F)(F)F)ccc2n1)C(=O)O. The van der Waals surface area contributed by atoms with Crippen molar-refractivity contribution in [2.24, 2.45) is 5.92 Å². The molecule has 0 saturated carbocycles. The number of aliphatic carboxylic acids is 1. The van der Waals surface area contributed by atoms with Crippen LogP contribution in [0, 0.1) is 5.92 Å². The highest BCUT2D eigenvalue weighted by Gasteiger charge is 2.30. The van der Waals surface area contributed by atoms with Crippen LogP contribution in [0.25, 0.3) is 10.9 Å². The molecule has 0 bridgehead atoms. The van der Waals surface area contributed by atoms with Crippen LogP contribution in [0.15, 0.2) is 24.4 Å². The largest absolute Gasteiger partial charge is 0.481 e. The molecular weight excluding hydrogens is 273 g/mol. The van der Waals surface area contributed by atoms with Crippen molar-refractivity contribution in [3.8, 4) is 0 Å². The molecule has 1 aromatic heterocycles. The number of carboxylic acid groups (broad SMARTS) is 1. The van der Waals surface area contributed by atoms with Gasteiger partial charge in [-0.3, -0.25) is 4.79 Å².